The van der Waals surface area contributed by atoms with Crippen LogP contribution in [0.4, 0.5) is 13.2 Å². The Morgan fingerprint density at radius 3 is 2.33 bits per heavy atom. The number of carbonyl (C=O) groups excluding carboxylic acids is 2. The molecule has 0 bridgehead atoms. The minimum Gasteiger partial charge on any atom is -0.368 e. The zero-order valence-electron chi connectivity index (χ0n) is 13.8. The molecule has 2 aromatic rings. The van der Waals surface area contributed by atoms with Crippen LogP contribution >= 0.6 is 27.5 Å². The average molecular weight is 464 g/mol. The molecule has 1 atom stereocenters. The van der Waals surface area contributed by atoms with Crippen molar-refractivity contribution in [1.29, 1.82) is 0 Å². The SMILES string of the molecule is NC(=O)[C@H](Cc1cc(Cl)ccc1Br)NC(=O)Cc1ccc(C(F)(F)F)cc1. The van der Waals surface area contributed by atoms with Gasteiger partial charge >= 0.3 is 6.18 Å². The van der Waals surface area contributed by atoms with Crippen molar-refractivity contribution in [3.63, 3.8) is 0 Å². The fourth-order valence-electron chi connectivity index (χ4n) is 2.38. The molecule has 2 rings (SSSR count). The lowest BCUT2D eigenvalue weighted by Crippen LogP contribution is -2.46. The highest BCUT2D eigenvalue weighted by Gasteiger charge is 2.30. The van der Waals surface area contributed by atoms with E-state index in [0.717, 1.165) is 12.1 Å². The molecule has 0 fully saturated rings. The van der Waals surface area contributed by atoms with Gasteiger partial charge in [0.2, 0.25) is 11.8 Å². The Kier molecular flexibility index (Phi) is 6.89. The number of primary amides is 1. The van der Waals surface area contributed by atoms with Crippen molar-refractivity contribution < 1.29 is 22.8 Å². The van der Waals surface area contributed by atoms with Crippen molar-refractivity contribution in [2.75, 3.05) is 0 Å². The molecule has 3 N–H and O–H groups in total. The summed E-state index contributed by atoms with van der Waals surface area (Å²) in [7, 11) is 0. The first-order valence-electron chi connectivity index (χ1n) is 7.75. The molecule has 0 unspecified atom stereocenters. The number of carbonyl (C=O) groups is 2. The Hall–Kier alpha value is -2.06. The minimum absolute atomic E-state index is 0.120. The van der Waals surface area contributed by atoms with Crippen molar-refractivity contribution in [1.82, 2.24) is 5.32 Å². The van der Waals surface area contributed by atoms with Gasteiger partial charge in [0.05, 0.1) is 12.0 Å². The molecule has 0 aliphatic heterocycles. The van der Waals surface area contributed by atoms with E-state index in [1.807, 2.05) is 0 Å². The first kappa shape index (κ1) is 21.2. The summed E-state index contributed by atoms with van der Waals surface area (Å²) >= 11 is 9.27. The van der Waals surface area contributed by atoms with Gasteiger partial charge in [0.25, 0.3) is 0 Å². The van der Waals surface area contributed by atoms with E-state index in [4.69, 9.17) is 17.3 Å². The molecule has 2 amide bonds. The Labute approximate surface area is 167 Å². The second kappa shape index (κ2) is 8.75. The molecule has 0 aromatic heterocycles. The number of alkyl halides is 3. The number of nitrogens with two attached hydrogens (primary N) is 1. The topological polar surface area (TPSA) is 72.2 Å². The fraction of sp³-hybridized carbons (Fsp3) is 0.222. The Morgan fingerprint density at radius 1 is 1.15 bits per heavy atom. The third-order valence-corrected chi connectivity index (χ3v) is 4.77. The molecule has 9 heteroatoms. The molecule has 144 valence electrons. The molecular weight excluding hydrogens is 449 g/mol. The highest BCUT2D eigenvalue weighted by atomic mass is 79.9. The number of hydrogen-bond acceptors (Lipinski definition) is 2. The van der Waals surface area contributed by atoms with Gasteiger partial charge in [-0.1, -0.05) is 39.7 Å². The van der Waals surface area contributed by atoms with Crippen LogP contribution in [-0.4, -0.2) is 17.9 Å². The first-order valence-corrected chi connectivity index (χ1v) is 8.92. The molecule has 0 spiro atoms. The zero-order chi connectivity index (χ0) is 20.2. The van der Waals surface area contributed by atoms with Crippen LogP contribution in [0.3, 0.4) is 0 Å². The van der Waals surface area contributed by atoms with Gasteiger partial charge in [0.15, 0.2) is 0 Å². The summed E-state index contributed by atoms with van der Waals surface area (Å²) in [6.07, 6.45) is -4.50. The second-order valence-corrected chi connectivity index (χ2v) is 7.12. The number of hydrogen-bond donors (Lipinski definition) is 2. The Balaban J connectivity index is 2.04. The number of nitrogens with one attached hydrogen (secondary N) is 1. The van der Waals surface area contributed by atoms with Gasteiger partial charge in [-0.15, -0.1) is 0 Å². The van der Waals surface area contributed by atoms with Gasteiger partial charge in [-0.25, -0.2) is 0 Å². The fourth-order valence-corrected chi connectivity index (χ4v) is 2.99. The summed E-state index contributed by atoms with van der Waals surface area (Å²) in [5.41, 5.74) is 5.62. The quantitative estimate of drug-likeness (QED) is 0.682. The van der Waals surface area contributed by atoms with Crippen LogP contribution in [0.5, 0.6) is 0 Å². The number of benzene rings is 2. The van der Waals surface area contributed by atoms with Crippen LogP contribution in [0.1, 0.15) is 16.7 Å². The molecule has 0 radical (unpaired) electrons. The summed E-state index contributed by atoms with van der Waals surface area (Å²) in [6.45, 7) is 0. The summed E-state index contributed by atoms with van der Waals surface area (Å²) in [5, 5.41) is 2.97. The predicted octanol–water partition coefficient (Wildman–Crippen LogP) is 3.88. The number of rotatable bonds is 6. The van der Waals surface area contributed by atoms with Crippen molar-refractivity contribution in [3.8, 4) is 0 Å². The molecule has 2 aromatic carbocycles. The zero-order valence-corrected chi connectivity index (χ0v) is 16.2. The van der Waals surface area contributed by atoms with Gasteiger partial charge in [-0.05, 0) is 41.5 Å². The summed E-state index contributed by atoms with van der Waals surface area (Å²) in [6, 6.07) is 8.27. The lowest BCUT2D eigenvalue weighted by Gasteiger charge is -2.17. The van der Waals surface area contributed by atoms with E-state index in [-0.39, 0.29) is 12.8 Å². The van der Waals surface area contributed by atoms with Crippen LogP contribution in [-0.2, 0) is 28.6 Å². The lowest BCUT2D eigenvalue weighted by atomic mass is 10.0. The molecule has 0 aliphatic rings. The summed E-state index contributed by atoms with van der Waals surface area (Å²) < 4.78 is 38.4. The molecule has 0 aliphatic carbocycles. The maximum atomic E-state index is 12.6. The van der Waals surface area contributed by atoms with Crippen LogP contribution in [0, 0.1) is 0 Å². The van der Waals surface area contributed by atoms with Crippen molar-refractivity contribution in [2.45, 2.75) is 25.1 Å². The predicted molar refractivity (Wildman–Crippen MR) is 99.1 cm³/mol. The molecule has 0 heterocycles. The Morgan fingerprint density at radius 2 is 1.78 bits per heavy atom. The largest absolute Gasteiger partial charge is 0.416 e. The van der Waals surface area contributed by atoms with Crippen molar-refractivity contribution >= 4 is 39.3 Å². The van der Waals surface area contributed by atoms with Crippen LogP contribution in [0.25, 0.3) is 0 Å². The van der Waals surface area contributed by atoms with Crippen molar-refractivity contribution in [2.24, 2.45) is 5.73 Å². The van der Waals surface area contributed by atoms with E-state index in [2.05, 4.69) is 21.2 Å². The maximum absolute atomic E-state index is 12.6. The van der Waals surface area contributed by atoms with Crippen LogP contribution in [0.2, 0.25) is 5.02 Å². The normalized spacial score (nSPS) is 12.5. The standard InChI is InChI=1S/C18H15BrClF3N2O2/c19-14-6-5-13(20)8-11(14)9-15(17(24)27)25-16(26)7-10-1-3-12(4-2-10)18(21,22)23/h1-6,8,15H,7,9H2,(H2,24,27)(H,25,26)/t15-/m0/s1. The lowest BCUT2D eigenvalue weighted by molar-refractivity contribution is -0.137. The molecule has 4 nitrogen and oxygen atoms in total. The molecule has 0 saturated heterocycles. The van der Waals surface area contributed by atoms with E-state index in [1.54, 1.807) is 18.2 Å². The number of halogens is 5. The monoisotopic (exact) mass is 462 g/mol. The van der Waals surface area contributed by atoms with Crippen LogP contribution < -0.4 is 11.1 Å². The smallest absolute Gasteiger partial charge is 0.368 e. The van der Waals surface area contributed by atoms with E-state index < -0.39 is 29.6 Å². The maximum Gasteiger partial charge on any atom is 0.416 e. The third kappa shape index (κ3) is 6.25. The average Bonchev–Trinajstić information content (AvgIpc) is 2.57. The third-order valence-electron chi connectivity index (χ3n) is 3.76. The van der Waals surface area contributed by atoms with E-state index in [9.17, 15) is 22.8 Å². The van der Waals surface area contributed by atoms with Gasteiger partial charge in [-0.3, -0.25) is 9.59 Å². The minimum atomic E-state index is -4.44. The molecular formula is C18H15BrClF3N2O2. The molecule has 27 heavy (non-hydrogen) atoms. The second-order valence-electron chi connectivity index (χ2n) is 5.83. The van der Waals surface area contributed by atoms with Gasteiger partial charge < -0.3 is 11.1 Å². The van der Waals surface area contributed by atoms with Crippen LogP contribution in [0.15, 0.2) is 46.9 Å². The highest BCUT2D eigenvalue weighted by molar-refractivity contribution is 9.10. The summed E-state index contributed by atoms with van der Waals surface area (Å²) in [5.74, 6) is -1.26. The first-order chi connectivity index (χ1) is 12.6. The number of amides is 2. The van der Waals surface area contributed by atoms with E-state index in [0.29, 0.717) is 20.6 Å². The molecule has 0 saturated carbocycles. The Bertz CT molecular complexity index is 841. The van der Waals surface area contributed by atoms with Crippen molar-refractivity contribution in [3.05, 3.63) is 68.7 Å². The summed E-state index contributed by atoms with van der Waals surface area (Å²) in [4.78, 5) is 23.8. The van der Waals surface area contributed by atoms with E-state index >= 15 is 0 Å². The van der Waals surface area contributed by atoms with Gasteiger partial charge in [0, 0.05) is 15.9 Å². The van der Waals surface area contributed by atoms with E-state index in [1.165, 1.54) is 12.1 Å². The highest BCUT2D eigenvalue weighted by Crippen LogP contribution is 2.29. The van der Waals surface area contributed by atoms with Gasteiger partial charge in [-0.2, -0.15) is 13.2 Å². The van der Waals surface area contributed by atoms with Gasteiger partial charge in [0.1, 0.15) is 6.04 Å².